The second-order valence-corrected chi connectivity index (χ2v) is 7.07. The van der Waals surface area contributed by atoms with E-state index >= 15 is 0 Å². The molecule has 1 aliphatic rings. The quantitative estimate of drug-likeness (QED) is 0.475. The first kappa shape index (κ1) is 16.0. The molecule has 0 aliphatic heterocycles. The monoisotopic (exact) mass is 387 g/mol. The lowest BCUT2D eigenvalue weighted by atomic mass is 9.96. The van der Waals surface area contributed by atoms with Crippen LogP contribution in [0.25, 0.3) is 28.0 Å². The van der Waals surface area contributed by atoms with E-state index in [0.717, 1.165) is 34.3 Å². The van der Waals surface area contributed by atoms with Gasteiger partial charge in [-0.15, -0.1) is 0 Å². The van der Waals surface area contributed by atoms with Gasteiger partial charge in [0, 0.05) is 10.0 Å². The number of pyridine rings is 1. The van der Waals surface area contributed by atoms with Gasteiger partial charge in [-0.3, -0.25) is 0 Å². The average Bonchev–Trinajstić information content (AvgIpc) is 2.69. The fraction of sp³-hybridized carbons (Fsp3) is 0.0870. The molecule has 1 aliphatic carbocycles. The first-order chi connectivity index (χ1) is 12.3. The third-order valence-electron chi connectivity index (χ3n) is 4.42. The molecule has 2 heteroatoms. The molecular weight excluding hydrogens is 370 g/mol. The van der Waals surface area contributed by atoms with Crippen LogP contribution in [0.2, 0.25) is 0 Å². The Labute approximate surface area is 156 Å². The van der Waals surface area contributed by atoms with Crippen molar-refractivity contribution >= 4 is 21.5 Å². The summed E-state index contributed by atoms with van der Waals surface area (Å²) in [5.41, 5.74) is 6.95. The Morgan fingerprint density at radius 2 is 1.52 bits per heavy atom. The van der Waals surface area contributed by atoms with E-state index < -0.39 is 0 Å². The van der Waals surface area contributed by atoms with Crippen molar-refractivity contribution in [2.24, 2.45) is 0 Å². The van der Waals surface area contributed by atoms with Gasteiger partial charge in [0.05, 0.1) is 11.4 Å². The molecule has 25 heavy (non-hydrogen) atoms. The predicted octanol–water partition coefficient (Wildman–Crippen LogP) is 6.91. The summed E-state index contributed by atoms with van der Waals surface area (Å²) in [6.45, 7) is 0. The van der Waals surface area contributed by atoms with Crippen LogP contribution in [-0.2, 0) is 0 Å². The van der Waals surface area contributed by atoms with Crippen molar-refractivity contribution in [1.29, 1.82) is 0 Å². The van der Waals surface area contributed by atoms with Crippen molar-refractivity contribution in [3.05, 3.63) is 95.1 Å². The van der Waals surface area contributed by atoms with Gasteiger partial charge < -0.3 is 0 Å². The molecule has 2 aromatic carbocycles. The third-order valence-corrected chi connectivity index (χ3v) is 4.94. The minimum atomic E-state index is 1.02. The van der Waals surface area contributed by atoms with Crippen LogP contribution < -0.4 is 0 Å². The SMILES string of the molecule is Brc1ccc(-c2cc(C3=CC=CCC3)nc(-c3ccccc3)c2)cc1. The van der Waals surface area contributed by atoms with Gasteiger partial charge in [0.1, 0.15) is 0 Å². The minimum absolute atomic E-state index is 1.02. The summed E-state index contributed by atoms with van der Waals surface area (Å²) >= 11 is 3.52. The highest BCUT2D eigenvalue weighted by Crippen LogP contribution is 2.31. The summed E-state index contributed by atoms with van der Waals surface area (Å²) in [4.78, 5) is 4.96. The number of halogens is 1. The zero-order valence-electron chi connectivity index (χ0n) is 13.8. The molecule has 0 N–H and O–H groups in total. The predicted molar refractivity (Wildman–Crippen MR) is 109 cm³/mol. The molecule has 0 amide bonds. The fourth-order valence-corrected chi connectivity index (χ4v) is 3.34. The standard InChI is InChI=1S/C23H18BrN/c24-21-13-11-17(12-14-21)20-15-22(18-7-3-1-4-8-18)25-23(16-20)19-9-5-2-6-10-19/h1-5,7-9,11-16H,6,10H2. The van der Waals surface area contributed by atoms with Gasteiger partial charge in [-0.2, -0.15) is 0 Å². The van der Waals surface area contributed by atoms with Crippen LogP contribution in [0.5, 0.6) is 0 Å². The van der Waals surface area contributed by atoms with Crippen molar-refractivity contribution in [3.8, 4) is 22.4 Å². The molecule has 3 aromatic rings. The van der Waals surface area contributed by atoms with Crippen LogP contribution in [0.1, 0.15) is 18.5 Å². The van der Waals surface area contributed by atoms with Gasteiger partial charge >= 0.3 is 0 Å². The van der Waals surface area contributed by atoms with Crippen LogP contribution in [0.3, 0.4) is 0 Å². The van der Waals surface area contributed by atoms with Crippen LogP contribution in [0.4, 0.5) is 0 Å². The maximum absolute atomic E-state index is 4.96. The highest BCUT2D eigenvalue weighted by molar-refractivity contribution is 9.10. The first-order valence-electron chi connectivity index (χ1n) is 8.49. The maximum atomic E-state index is 4.96. The average molecular weight is 388 g/mol. The largest absolute Gasteiger partial charge is 0.248 e. The van der Waals surface area contributed by atoms with Crippen molar-refractivity contribution in [3.63, 3.8) is 0 Å². The molecule has 0 fully saturated rings. The summed E-state index contributed by atoms with van der Waals surface area (Å²) in [6, 6.07) is 23.2. The molecule has 1 nitrogen and oxygen atoms in total. The molecule has 0 spiro atoms. The van der Waals surface area contributed by atoms with E-state index in [4.69, 9.17) is 4.98 Å². The Morgan fingerprint density at radius 3 is 2.24 bits per heavy atom. The lowest BCUT2D eigenvalue weighted by molar-refractivity contribution is 1.04. The molecule has 0 saturated heterocycles. The van der Waals surface area contributed by atoms with E-state index in [-0.39, 0.29) is 0 Å². The van der Waals surface area contributed by atoms with Crippen molar-refractivity contribution in [2.45, 2.75) is 12.8 Å². The molecule has 0 unspecified atom stereocenters. The minimum Gasteiger partial charge on any atom is -0.248 e. The van der Waals surface area contributed by atoms with Crippen molar-refractivity contribution in [1.82, 2.24) is 4.98 Å². The van der Waals surface area contributed by atoms with E-state index in [1.807, 2.05) is 6.07 Å². The van der Waals surface area contributed by atoms with E-state index in [9.17, 15) is 0 Å². The molecule has 0 bridgehead atoms. The Hall–Kier alpha value is -2.45. The zero-order valence-corrected chi connectivity index (χ0v) is 15.4. The molecule has 0 radical (unpaired) electrons. The number of benzene rings is 2. The Balaban J connectivity index is 1.87. The van der Waals surface area contributed by atoms with Gasteiger partial charge in [-0.1, -0.05) is 76.6 Å². The number of aromatic nitrogens is 1. The molecule has 1 heterocycles. The molecule has 4 rings (SSSR count). The first-order valence-corrected chi connectivity index (χ1v) is 9.28. The molecule has 1 aromatic heterocycles. The number of hydrogen-bond acceptors (Lipinski definition) is 1. The third kappa shape index (κ3) is 3.64. The number of hydrogen-bond donors (Lipinski definition) is 0. The summed E-state index contributed by atoms with van der Waals surface area (Å²) in [6.07, 6.45) is 8.65. The van der Waals surface area contributed by atoms with Crippen LogP contribution >= 0.6 is 15.9 Å². The second-order valence-electron chi connectivity index (χ2n) is 6.16. The Kier molecular flexibility index (Phi) is 4.62. The molecule has 122 valence electrons. The van der Waals surface area contributed by atoms with Crippen molar-refractivity contribution < 1.29 is 0 Å². The summed E-state index contributed by atoms with van der Waals surface area (Å²) < 4.78 is 1.09. The van der Waals surface area contributed by atoms with E-state index in [2.05, 4.69) is 94.8 Å². The fourth-order valence-electron chi connectivity index (χ4n) is 3.08. The smallest absolute Gasteiger partial charge is 0.0715 e. The lowest BCUT2D eigenvalue weighted by Gasteiger charge is -2.13. The number of nitrogens with zero attached hydrogens (tertiary/aromatic N) is 1. The van der Waals surface area contributed by atoms with Gasteiger partial charge in [0.15, 0.2) is 0 Å². The van der Waals surface area contributed by atoms with Crippen molar-refractivity contribution in [2.75, 3.05) is 0 Å². The lowest BCUT2D eigenvalue weighted by Crippen LogP contribution is -1.96. The number of allylic oxidation sites excluding steroid dienone is 4. The highest BCUT2D eigenvalue weighted by Gasteiger charge is 2.11. The van der Waals surface area contributed by atoms with Gasteiger partial charge in [0.2, 0.25) is 0 Å². The summed E-state index contributed by atoms with van der Waals surface area (Å²) in [7, 11) is 0. The van der Waals surface area contributed by atoms with Crippen LogP contribution in [0, 0.1) is 0 Å². The second kappa shape index (κ2) is 7.20. The Morgan fingerprint density at radius 1 is 0.760 bits per heavy atom. The van der Waals surface area contributed by atoms with Gasteiger partial charge in [0.25, 0.3) is 0 Å². The van der Waals surface area contributed by atoms with Gasteiger partial charge in [-0.25, -0.2) is 4.98 Å². The topological polar surface area (TPSA) is 12.9 Å². The van der Waals surface area contributed by atoms with E-state index in [1.165, 1.54) is 16.7 Å². The van der Waals surface area contributed by atoms with Crippen LogP contribution in [0.15, 0.2) is 89.4 Å². The Bertz CT molecular complexity index is 938. The highest BCUT2D eigenvalue weighted by atomic mass is 79.9. The molecule has 0 saturated carbocycles. The molecule has 0 atom stereocenters. The van der Waals surface area contributed by atoms with Gasteiger partial charge in [-0.05, 0) is 53.8 Å². The summed E-state index contributed by atoms with van der Waals surface area (Å²) in [5.74, 6) is 0. The van der Waals surface area contributed by atoms with Crippen LogP contribution in [-0.4, -0.2) is 4.98 Å². The normalized spacial score (nSPS) is 13.6. The van der Waals surface area contributed by atoms with E-state index in [0.29, 0.717) is 0 Å². The molecular formula is C23H18BrN. The maximum Gasteiger partial charge on any atom is 0.0715 e. The number of rotatable bonds is 3. The zero-order chi connectivity index (χ0) is 17.1. The van der Waals surface area contributed by atoms with E-state index in [1.54, 1.807) is 0 Å². The summed E-state index contributed by atoms with van der Waals surface area (Å²) in [5, 5.41) is 0.